The van der Waals surface area contributed by atoms with Crippen LogP contribution in [-0.4, -0.2) is 0 Å². The first-order chi connectivity index (χ1) is 6.79. The van der Waals surface area contributed by atoms with Gasteiger partial charge in [-0.2, -0.15) is 12.2 Å². The van der Waals surface area contributed by atoms with Gasteiger partial charge in [0.05, 0.1) is 0 Å². The number of hydrogen-bond acceptors (Lipinski definition) is 0. The first-order valence-corrected chi connectivity index (χ1v) is 4.77. The Balaban J connectivity index is -0.0000000752. The van der Waals surface area contributed by atoms with Crippen LogP contribution in [0.1, 0.15) is 26.7 Å². The van der Waals surface area contributed by atoms with Gasteiger partial charge in [-0.1, -0.05) is 13.8 Å². The Morgan fingerprint density at radius 1 is 0.882 bits per heavy atom. The second-order valence-corrected chi connectivity index (χ2v) is 2.93. The standard InChI is InChI=1S/2C6H7.C2H4.2ClH.Zr/c2*1-6-4-2-3-5-6;1-2;;;/h2*2,4H,3H2,1H3;1-2H2;2*1H;/q2*-1;;;;+2. The van der Waals surface area contributed by atoms with Crippen molar-refractivity contribution >= 4 is 24.8 Å². The number of hydrogen-bond donors (Lipinski definition) is 0. The van der Waals surface area contributed by atoms with Crippen LogP contribution in [0.15, 0.2) is 48.6 Å². The maximum atomic E-state index is 3.12. The summed E-state index contributed by atoms with van der Waals surface area (Å²) in [6, 6.07) is 0. The zero-order chi connectivity index (χ0) is 10.8. The smallest absolute Gasteiger partial charge is 0.270 e. The van der Waals surface area contributed by atoms with Crippen LogP contribution in [-0.2, 0) is 26.2 Å². The molecule has 0 nitrogen and oxygen atoms in total. The van der Waals surface area contributed by atoms with Crippen molar-refractivity contribution in [2.24, 2.45) is 0 Å². The largest absolute Gasteiger partial charge is 2.00 e. The first-order valence-electron chi connectivity index (χ1n) is 4.77. The summed E-state index contributed by atoms with van der Waals surface area (Å²) >= 11 is 0. The van der Waals surface area contributed by atoms with Crippen LogP contribution in [0.3, 0.4) is 0 Å². The molecule has 0 aliphatic heterocycles. The van der Waals surface area contributed by atoms with Gasteiger partial charge in [-0.25, -0.2) is 23.3 Å². The summed E-state index contributed by atoms with van der Waals surface area (Å²) < 4.78 is 0. The molecule has 0 saturated carbocycles. The molecule has 0 amide bonds. The fraction of sp³-hybridized carbons (Fsp3) is 0.286. The average molecular weight is 350 g/mol. The summed E-state index contributed by atoms with van der Waals surface area (Å²) in [6.45, 7) is 10.1. The molecule has 0 fully saturated rings. The van der Waals surface area contributed by atoms with Crippen LogP contribution < -0.4 is 0 Å². The van der Waals surface area contributed by atoms with E-state index in [4.69, 9.17) is 0 Å². The van der Waals surface area contributed by atoms with Crippen molar-refractivity contribution in [1.82, 2.24) is 0 Å². The van der Waals surface area contributed by atoms with Crippen LogP contribution in [0, 0.1) is 12.2 Å². The van der Waals surface area contributed by atoms with Gasteiger partial charge in [0.25, 0.3) is 0 Å². The Morgan fingerprint density at radius 2 is 1.18 bits per heavy atom. The molecule has 0 radical (unpaired) electrons. The molecule has 0 spiro atoms. The number of halogens is 2. The molecule has 0 saturated heterocycles. The van der Waals surface area contributed by atoms with E-state index in [0.717, 1.165) is 12.8 Å². The topological polar surface area (TPSA) is 0 Å². The van der Waals surface area contributed by atoms with Gasteiger partial charge in [0.15, 0.2) is 0 Å². The molecule has 2 rings (SSSR count). The van der Waals surface area contributed by atoms with E-state index in [-0.39, 0.29) is 51.0 Å². The van der Waals surface area contributed by atoms with Crippen molar-refractivity contribution in [1.29, 1.82) is 0 Å². The molecule has 0 heterocycles. The Labute approximate surface area is 138 Å². The molecule has 94 valence electrons. The van der Waals surface area contributed by atoms with Crippen molar-refractivity contribution < 1.29 is 26.2 Å². The predicted molar refractivity (Wildman–Crippen MR) is 78.1 cm³/mol. The Hall–Kier alpha value is 0.163. The van der Waals surface area contributed by atoms with Crippen molar-refractivity contribution in [3.8, 4) is 0 Å². The van der Waals surface area contributed by atoms with E-state index >= 15 is 0 Å². The van der Waals surface area contributed by atoms with Gasteiger partial charge in [0.2, 0.25) is 0 Å². The third-order valence-corrected chi connectivity index (χ3v) is 1.73. The van der Waals surface area contributed by atoms with Gasteiger partial charge in [-0.3, -0.25) is 12.2 Å². The van der Waals surface area contributed by atoms with Gasteiger partial charge in [0.1, 0.15) is 0 Å². The monoisotopic (exact) mass is 348 g/mol. The van der Waals surface area contributed by atoms with Gasteiger partial charge in [-0.15, -0.1) is 50.8 Å². The minimum absolute atomic E-state index is 0. The van der Waals surface area contributed by atoms with E-state index in [0.29, 0.717) is 0 Å². The molecule has 17 heavy (non-hydrogen) atoms. The molecule has 3 heteroatoms. The quantitative estimate of drug-likeness (QED) is 0.424. The molecule has 0 atom stereocenters. The second kappa shape index (κ2) is 18.5. The van der Waals surface area contributed by atoms with Gasteiger partial charge >= 0.3 is 26.2 Å². The summed E-state index contributed by atoms with van der Waals surface area (Å²) in [5.74, 6) is 0. The van der Waals surface area contributed by atoms with E-state index in [9.17, 15) is 0 Å². The molecule has 2 aliphatic rings. The van der Waals surface area contributed by atoms with E-state index in [1.54, 1.807) is 0 Å². The van der Waals surface area contributed by atoms with Gasteiger partial charge < -0.3 is 0 Å². The van der Waals surface area contributed by atoms with Crippen molar-refractivity contribution in [2.45, 2.75) is 26.7 Å². The maximum Gasteiger partial charge on any atom is 2.00 e. The molecule has 0 bridgehead atoms. The average Bonchev–Trinajstić information content (AvgIpc) is 2.83. The minimum Gasteiger partial charge on any atom is -0.270 e. The Kier molecular flexibility index (Phi) is 28.2. The first kappa shape index (κ1) is 25.9. The zero-order valence-corrected chi connectivity index (χ0v) is 14.5. The van der Waals surface area contributed by atoms with Crippen LogP contribution in [0.2, 0.25) is 0 Å². The van der Waals surface area contributed by atoms with Crippen LogP contribution >= 0.6 is 24.8 Å². The SMILES string of the molecule is C=C.CC1=[C-]CC=C1.CC1=[C-]CC=C1.Cl.Cl.[Zr+2]. The molecular formula is C14H20Cl2Zr. The molecule has 0 aromatic heterocycles. The predicted octanol–water partition coefficient (Wildman–Crippen LogP) is 5.03. The molecular weight excluding hydrogens is 330 g/mol. The van der Waals surface area contributed by atoms with Crippen molar-refractivity contribution in [3.05, 3.63) is 60.8 Å². The van der Waals surface area contributed by atoms with Gasteiger partial charge in [-0.05, 0) is 0 Å². The summed E-state index contributed by atoms with van der Waals surface area (Å²) in [6.07, 6.45) is 16.7. The fourth-order valence-corrected chi connectivity index (χ4v) is 1.03. The van der Waals surface area contributed by atoms with Gasteiger partial charge in [0, 0.05) is 0 Å². The summed E-state index contributed by atoms with van der Waals surface area (Å²) in [7, 11) is 0. The molecule has 2 aliphatic carbocycles. The third-order valence-electron chi connectivity index (χ3n) is 1.73. The number of rotatable bonds is 0. The molecule has 0 unspecified atom stereocenters. The second-order valence-electron chi connectivity index (χ2n) is 2.93. The Morgan fingerprint density at radius 3 is 1.24 bits per heavy atom. The van der Waals surface area contributed by atoms with E-state index in [2.05, 4.69) is 63.5 Å². The van der Waals surface area contributed by atoms with Crippen LogP contribution in [0.25, 0.3) is 0 Å². The zero-order valence-electron chi connectivity index (χ0n) is 10.5. The Bertz CT molecular complexity index is 242. The molecule has 0 N–H and O–H groups in total. The van der Waals surface area contributed by atoms with Crippen LogP contribution in [0.5, 0.6) is 0 Å². The molecule has 0 aromatic carbocycles. The van der Waals surface area contributed by atoms with Crippen LogP contribution in [0.4, 0.5) is 0 Å². The normalized spacial score (nSPS) is 13.3. The maximum absolute atomic E-state index is 3.12. The fourth-order valence-electron chi connectivity index (χ4n) is 1.03. The molecule has 0 aromatic rings. The number of allylic oxidation sites excluding steroid dienone is 8. The van der Waals surface area contributed by atoms with Crippen molar-refractivity contribution in [3.63, 3.8) is 0 Å². The third kappa shape index (κ3) is 16.2. The van der Waals surface area contributed by atoms with E-state index in [1.165, 1.54) is 11.1 Å². The minimum atomic E-state index is 0. The van der Waals surface area contributed by atoms with E-state index in [1.807, 2.05) is 0 Å². The van der Waals surface area contributed by atoms with E-state index < -0.39 is 0 Å². The summed E-state index contributed by atoms with van der Waals surface area (Å²) in [4.78, 5) is 0. The summed E-state index contributed by atoms with van der Waals surface area (Å²) in [5.41, 5.74) is 2.55. The van der Waals surface area contributed by atoms with Crippen molar-refractivity contribution in [2.75, 3.05) is 0 Å². The summed E-state index contributed by atoms with van der Waals surface area (Å²) in [5, 5.41) is 0.